The molecule has 6 nitrogen and oxygen atoms in total. The van der Waals surface area contributed by atoms with Crippen LogP contribution in [0, 0.1) is 13.8 Å². The van der Waals surface area contributed by atoms with Crippen molar-refractivity contribution in [3.05, 3.63) is 46.4 Å². The van der Waals surface area contributed by atoms with E-state index in [1.807, 2.05) is 19.9 Å². The molecule has 0 saturated heterocycles. The number of pyridine rings is 1. The predicted octanol–water partition coefficient (Wildman–Crippen LogP) is 2.63. The fourth-order valence-electron chi connectivity index (χ4n) is 2.31. The fourth-order valence-corrected chi connectivity index (χ4v) is 2.31. The third-order valence-corrected chi connectivity index (χ3v) is 3.45. The molecule has 2 N–H and O–H groups in total. The Morgan fingerprint density at radius 1 is 1.36 bits per heavy atom. The molecular formula is C16H19N3O3. The minimum Gasteiger partial charge on any atom is -0.465 e. The molecule has 0 spiro atoms. The number of nitrogens with one attached hydrogen (secondary N) is 2. The number of ether oxygens (including phenoxy) is 1. The highest BCUT2D eigenvalue weighted by molar-refractivity contribution is 6.06. The van der Waals surface area contributed by atoms with Crippen LogP contribution in [-0.4, -0.2) is 29.0 Å². The van der Waals surface area contributed by atoms with Crippen molar-refractivity contribution >= 4 is 17.7 Å². The molecule has 0 unspecified atom stereocenters. The molecule has 0 aliphatic carbocycles. The quantitative estimate of drug-likeness (QED) is 0.850. The lowest BCUT2D eigenvalue weighted by Gasteiger charge is -2.05. The molecule has 116 valence electrons. The largest absolute Gasteiger partial charge is 0.465 e. The van der Waals surface area contributed by atoms with Crippen LogP contribution in [0.15, 0.2) is 18.3 Å². The van der Waals surface area contributed by atoms with Crippen LogP contribution in [0.5, 0.6) is 0 Å². The van der Waals surface area contributed by atoms with Crippen molar-refractivity contribution in [3.63, 3.8) is 0 Å². The van der Waals surface area contributed by atoms with E-state index in [1.54, 1.807) is 19.2 Å². The van der Waals surface area contributed by atoms with Gasteiger partial charge in [-0.25, -0.2) is 9.78 Å². The van der Waals surface area contributed by atoms with Crippen molar-refractivity contribution in [2.45, 2.75) is 27.2 Å². The third-order valence-electron chi connectivity index (χ3n) is 3.45. The Morgan fingerprint density at radius 2 is 2.09 bits per heavy atom. The van der Waals surface area contributed by atoms with Gasteiger partial charge in [-0.05, 0) is 43.5 Å². The van der Waals surface area contributed by atoms with E-state index in [2.05, 4.69) is 15.3 Å². The highest BCUT2D eigenvalue weighted by Gasteiger charge is 2.23. The normalized spacial score (nSPS) is 10.4. The van der Waals surface area contributed by atoms with Crippen LogP contribution in [0.25, 0.3) is 0 Å². The lowest BCUT2D eigenvalue weighted by atomic mass is 10.1. The maximum atomic E-state index is 12.4. The number of carbonyl (C=O) groups is 2. The number of methoxy groups -OCH3 is 1. The number of carbonyl (C=O) groups excluding carboxylic acids is 2. The second-order valence-electron chi connectivity index (χ2n) is 5.00. The van der Waals surface area contributed by atoms with E-state index in [4.69, 9.17) is 4.74 Å². The van der Waals surface area contributed by atoms with Crippen LogP contribution < -0.4 is 5.32 Å². The van der Waals surface area contributed by atoms with Crippen molar-refractivity contribution in [2.75, 3.05) is 12.4 Å². The average Bonchev–Trinajstić information content (AvgIpc) is 2.83. The van der Waals surface area contributed by atoms with Crippen LogP contribution in [0.2, 0.25) is 0 Å². The summed E-state index contributed by atoms with van der Waals surface area (Å²) in [5, 5.41) is 2.73. The van der Waals surface area contributed by atoms with Gasteiger partial charge in [-0.1, -0.05) is 6.92 Å². The molecule has 0 fully saturated rings. The zero-order valence-corrected chi connectivity index (χ0v) is 13.1. The number of H-pyrrole nitrogens is 1. The molecule has 0 aliphatic heterocycles. The molecule has 2 heterocycles. The first kappa shape index (κ1) is 15.8. The molecule has 22 heavy (non-hydrogen) atoms. The van der Waals surface area contributed by atoms with Crippen LogP contribution in [-0.2, 0) is 11.2 Å². The number of rotatable bonds is 4. The Balaban J connectivity index is 2.34. The van der Waals surface area contributed by atoms with Gasteiger partial charge in [0.15, 0.2) is 0 Å². The first-order valence-electron chi connectivity index (χ1n) is 7.01. The van der Waals surface area contributed by atoms with E-state index in [0.717, 1.165) is 5.56 Å². The van der Waals surface area contributed by atoms with Crippen LogP contribution in [0.3, 0.4) is 0 Å². The highest BCUT2D eigenvalue weighted by Crippen LogP contribution is 2.21. The zero-order chi connectivity index (χ0) is 16.3. The topological polar surface area (TPSA) is 84.1 Å². The summed E-state index contributed by atoms with van der Waals surface area (Å²) in [6.07, 6.45) is 2.23. The van der Waals surface area contributed by atoms with Gasteiger partial charge in [0, 0.05) is 11.9 Å². The SMILES string of the molecule is CCc1[nH]c(C(=O)Nc2cc(C)ccn2)c(C)c1C(=O)OC. The predicted molar refractivity (Wildman–Crippen MR) is 83.2 cm³/mol. The van der Waals surface area contributed by atoms with Gasteiger partial charge in [0.1, 0.15) is 11.5 Å². The Kier molecular flexibility index (Phi) is 4.60. The number of anilines is 1. The van der Waals surface area contributed by atoms with Gasteiger partial charge < -0.3 is 15.0 Å². The zero-order valence-electron chi connectivity index (χ0n) is 13.1. The third kappa shape index (κ3) is 3.00. The Bertz CT molecular complexity index is 719. The van der Waals surface area contributed by atoms with E-state index in [1.165, 1.54) is 7.11 Å². The average molecular weight is 301 g/mol. The van der Waals surface area contributed by atoms with Gasteiger partial charge >= 0.3 is 5.97 Å². The monoisotopic (exact) mass is 301 g/mol. The van der Waals surface area contributed by atoms with Crippen LogP contribution >= 0.6 is 0 Å². The number of esters is 1. The summed E-state index contributed by atoms with van der Waals surface area (Å²) >= 11 is 0. The number of aromatic nitrogens is 2. The summed E-state index contributed by atoms with van der Waals surface area (Å²) in [6, 6.07) is 3.62. The van der Waals surface area contributed by atoms with Crippen molar-refractivity contribution in [3.8, 4) is 0 Å². The van der Waals surface area contributed by atoms with Crippen molar-refractivity contribution in [1.29, 1.82) is 0 Å². The number of nitrogens with zero attached hydrogens (tertiary/aromatic N) is 1. The number of hydrogen-bond acceptors (Lipinski definition) is 4. The van der Waals surface area contributed by atoms with Gasteiger partial charge in [0.05, 0.1) is 12.7 Å². The summed E-state index contributed by atoms with van der Waals surface area (Å²) < 4.78 is 4.78. The minimum absolute atomic E-state index is 0.333. The molecule has 1 amide bonds. The van der Waals surface area contributed by atoms with Gasteiger partial charge in [0.25, 0.3) is 5.91 Å². The Labute approximate surface area is 128 Å². The molecule has 2 aromatic heterocycles. The molecule has 0 aliphatic rings. The highest BCUT2D eigenvalue weighted by atomic mass is 16.5. The Morgan fingerprint density at radius 3 is 2.68 bits per heavy atom. The molecule has 0 radical (unpaired) electrons. The second kappa shape index (κ2) is 6.43. The standard InChI is InChI=1S/C16H19N3O3/c1-5-11-13(16(21)22-4)10(3)14(18-11)15(20)19-12-8-9(2)6-7-17-12/h6-8,18H,5H2,1-4H3,(H,17,19,20). The number of aromatic amines is 1. The molecular weight excluding hydrogens is 282 g/mol. The Hall–Kier alpha value is -2.63. The molecule has 2 rings (SSSR count). The van der Waals surface area contributed by atoms with Crippen molar-refractivity contribution in [1.82, 2.24) is 9.97 Å². The fraction of sp³-hybridized carbons (Fsp3) is 0.312. The number of aryl methyl sites for hydroxylation is 2. The summed E-state index contributed by atoms with van der Waals surface area (Å²) in [5.74, 6) is -0.310. The van der Waals surface area contributed by atoms with Crippen molar-refractivity contribution in [2.24, 2.45) is 0 Å². The number of hydrogen-bond donors (Lipinski definition) is 2. The van der Waals surface area contributed by atoms with Gasteiger partial charge in [-0.2, -0.15) is 0 Å². The van der Waals surface area contributed by atoms with Crippen LogP contribution in [0.1, 0.15) is 44.6 Å². The van der Waals surface area contributed by atoms with Gasteiger partial charge in [0.2, 0.25) is 0 Å². The first-order valence-corrected chi connectivity index (χ1v) is 7.01. The maximum absolute atomic E-state index is 12.4. The van der Waals surface area contributed by atoms with Crippen LogP contribution in [0.4, 0.5) is 5.82 Å². The molecule has 0 bridgehead atoms. The molecule has 2 aromatic rings. The number of amides is 1. The molecule has 0 saturated carbocycles. The van der Waals surface area contributed by atoms with E-state index < -0.39 is 5.97 Å². The summed E-state index contributed by atoms with van der Waals surface area (Å²) in [5.41, 5.74) is 3.03. The second-order valence-corrected chi connectivity index (χ2v) is 5.00. The smallest absolute Gasteiger partial charge is 0.339 e. The van der Waals surface area contributed by atoms with E-state index in [-0.39, 0.29) is 5.91 Å². The van der Waals surface area contributed by atoms with Gasteiger partial charge in [-0.15, -0.1) is 0 Å². The van der Waals surface area contributed by atoms with Crippen molar-refractivity contribution < 1.29 is 14.3 Å². The summed E-state index contributed by atoms with van der Waals surface area (Å²) in [7, 11) is 1.32. The summed E-state index contributed by atoms with van der Waals surface area (Å²) in [4.78, 5) is 31.4. The lowest BCUT2D eigenvalue weighted by Crippen LogP contribution is -2.15. The van der Waals surface area contributed by atoms with E-state index in [0.29, 0.717) is 34.8 Å². The molecule has 0 aromatic carbocycles. The van der Waals surface area contributed by atoms with Gasteiger partial charge in [-0.3, -0.25) is 4.79 Å². The maximum Gasteiger partial charge on any atom is 0.339 e. The van der Waals surface area contributed by atoms with E-state index >= 15 is 0 Å². The summed E-state index contributed by atoms with van der Waals surface area (Å²) in [6.45, 7) is 5.55. The minimum atomic E-state index is -0.446. The first-order chi connectivity index (χ1) is 10.5. The lowest BCUT2D eigenvalue weighted by molar-refractivity contribution is 0.0599. The van der Waals surface area contributed by atoms with E-state index in [9.17, 15) is 9.59 Å². The molecule has 0 atom stereocenters. The molecule has 6 heteroatoms.